The van der Waals surface area contributed by atoms with Gasteiger partial charge in [-0.05, 0) is 35.2 Å². The summed E-state index contributed by atoms with van der Waals surface area (Å²) in [6.45, 7) is 0.802. The van der Waals surface area contributed by atoms with E-state index < -0.39 is 11.8 Å². The highest BCUT2D eigenvalue weighted by Gasteiger charge is 2.31. The molecule has 4 aromatic rings. The van der Waals surface area contributed by atoms with Crippen molar-refractivity contribution in [3.05, 3.63) is 89.8 Å². The molecule has 0 spiro atoms. The van der Waals surface area contributed by atoms with Gasteiger partial charge in [-0.25, -0.2) is 0 Å². The van der Waals surface area contributed by atoms with Crippen molar-refractivity contribution >= 4 is 39.1 Å². The van der Waals surface area contributed by atoms with Crippen molar-refractivity contribution in [3.63, 3.8) is 0 Å². The highest BCUT2D eigenvalue weighted by molar-refractivity contribution is 6.37. The van der Waals surface area contributed by atoms with Gasteiger partial charge in [-0.2, -0.15) is 0 Å². The molecule has 1 aliphatic heterocycles. The second kappa shape index (κ2) is 7.19. The largest absolute Gasteiger partial charge is 0.394 e. The summed E-state index contributed by atoms with van der Waals surface area (Å²) >= 11 is 0. The average Bonchev–Trinajstić information content (AvgIpc) is 3.24. The molecule has 2 amide bonds. The Morgan fingerprint density at radius 2 is 1.63 bits per heavy atom. The number of hydrogen-bond acceptors (Lipinski definition) is 3. The van der Waals surface area contributed by atoms with Gasteiger partial charge in [0, 0.05) is 29.2 Å². The summed E-state index contributed by atoms with van der Waals surface area (Å²) in [5, 5.41) is 5.70. The maximum absolute atomic E-state index is 12.3. The van der Waals surface area contributed by atoms with Crippen molar-refractivity contribution in [3.8, 4) is 0 Å². The van der Waals surface area contributed by atoms with Crippen LogP contribution in [0.2, 0.25) is 0 Å². The molecule has 0 saturated heterocycles. The van der Waals surface area contributed by atoms with Crippen LogP contribution in [0.15, 0.2) is 78.6 Å². The van der Waals surface area contributed by atoms with Crippen LogP contribution in [0.1, 0.15) is 17.5 Å². The molecule has 1 aromatic heterocycles. The minimum Gasteiger partial charge on any atom is -0.394 e. The van der Waals surface area contributed by atoms with Crippen LogP contribution >= 0.6 is 0 Å². The topological polar surface area (TPSA) is 77.1 Å². The Hall–Kier alpha value is -3.86. The van der Waals surface area contributed by atoms with Crippen LogP contribution in [0.4, 0.5) is 0 Å². The molecule has 148 valence electrons. The molecular formula is C25H21N3O2. The van der Waals surface area contributed by atoms with Gasteiger partial charge >= 0.3 is 0 Å². The minimum atomic E-state index is -0.525. The van der Waals surface area contributed by atoms with Crippen LogP contribution in [0.25, 0.3) is 27.2 Å². The first-order valence-corrected chi connectivity index (χ1v) is 10.0. The number of aromatic nitrogens is 1. The molecule has 0 bridgehead atoms. The molecule has 0 radical (unpaired) electrons. The van der Waals surface area contributed by atoms with Crippen LogP contribution in [0.3, 0.4) is 0 Å². The smallest absolute Gasteiger partial charge is 0.274 e. The Balaban J connectivity index is 1.42. The average molecular weight is 395 g/mol. The molecule has 3 N–H and O–H groups in total. The van der Waals surface area contributed by atoms with Crippen molar-refractivity contribution in [2.24, 2.45) is 5.73 Å². The lowest BCUT2D eigenvalue weighted by Crippen LogP contribution is -2.24. The number of hydrogen-bond donors (Lipinski definition) is 2. The van der Waals surface area contributed by atoms with Gasteiger partial charge in [0.25, 0.3) is 11.8 Å². The SMILES string of the molecule is NC1=C(c2cn(CCCc3ccc4ccccc4c3)c3ccccc23)C(=O)NC1=O. The fourth-order valence-electron chi connectivity index (χ4n) is 4.21. The lowest BCUT2D eigenvalue weighted by molar-refractivity contribution is -0.123. The quantitative estimate of drug-likeness (QED) is 0.505. The second-order valence-corrected chi connectivity index (χ2v) is 7.61. The van der Waals surface area contributed by atoms with Gasteiger partial charge in [0.15, 0.2) is 0 Å². The Kier molecular flexibility index (Phi) is 4.36. The second-order valence-electron chi connectivity index (χ2n) is 7.61. The summed E-state index contributed by atoms with van der Waals surface area (Å²) in [6, 6.07) is 22.9. The summed E-state index contributed by atoms with van der Waals surface area (Å²) in [5.74, 6) is -0.959. The van der Waals surface area contributed by atoms with Crippen molar-refractivity contribution in [2.45, 2.75) is 19.4 Å². The van der Waals surface area contributed by atoms with Crippen LogP contribution in [0, 0.1) is 0 Å². The zero-order valence-corrected chi connectivity index (χ0v) is 16.4. The molecule has 0 aliphatic carbocycles. The number of para-hydroxylation sites is 1. The van der Waals surface area contributed by atoms with Gasteiger partial charge in [0.2, 0.25) is 0 Å². The molecule has 0 atom stereocenters. The van der Waals surface area contributed by atoms with Crippen LogP contribution in [0.5, 0.6) is 0 Å². The van der Waals surface area contributed by atoms with E-state index in [-0.39, 0.29) is 11.3 Å². The van der Waals surface area contributed by atoms with Crippen molar-refractivity contribution in [1.82, 2.24) is 9.88 Å². The number of carbonyl (C=O) groups is 2. The predicted molar refractivity (Wildman–Crippen MR) is 118 cm³/mol. The molecule has 0 fully saturated rings. The third-order valence-corrected chi connectivity index (χ3v) is 5.70. The summed E-state index contributed by atoms with van der Waals surface area (Å²) in [5.41, 5.74) is 9.19. The van der Waals surface area contributed by atoms with E-state index in [9.17, 15) is 9.59 Å². The lowest BCUT2D eigenvalue weighted by atomic mass is 10.0. The Morgan fingerprint density at radius 1 is 0.867 bits per heavy atom. The summed E-state index contributed by atoms with van der Waals surface area (Å²) in [4.78, 5) is 24.1. The molecular weight excluding hydrogens is 374 g/mol. The fourth-order valence-corrected chi connectivity index (χ4v) is 4.21. The number of imide groups is 1. The van der Waals surface area contributed by atoms with Gasteiger partial charge in [0.05, 0.1) is 5.57 Å². The summed E-state index contributed by atoms with van der Waals surface area (Å²) < 4.78 is 2.14. The molecule has 5 heteroatoms. The standard InChI is InChI=1S/C25H21N3O2/c26-23-22(24(29)27-25(23)30)20-15-28(21-10-4-3-9-19(20)21)13-5-6-16-11-12-17-7-1-2-8-18(17)14-16/h1-4,7-12,14-15H,5-6,13H2,(H3,26,27,29,30). The van der Waals surface area contributed by atoms with Gasteiger partial charge < -0.3 is 10.3 Å². The monoisotopic (exact) mass is 395 g/mol. The van der Waals surface area contributed by atoms with E-state index in [4.69, 9.17) is 5.73 Å². The zero-order valence-electron chi connectivity index (χ0n) is 16.4. The first-order chi connectivity index (χ1) is 14.6. The van der Waals surface area contributed by atoms with Crippen molar-refractivity contribution < 1.29 is 9.59 Å². The zero-order chi connectivity index (χ0) is 20.7. The van der Waals surface area contributed by atoms with Crippen molar-refractivity contribution in [2.75, 3.05) is 0 Å². The summed E-state index contributed by atoms with van der Waals surface area (Å²) in [6.07, 6.45) is 3.85. The Morgan fingerprint density at radius 3 is 2.43 bits per heavy atom. The number of aryl methyl sites for hydroxylation is 2. The van der Waals surface area contributed by atoms with Gasteiger partial charge in [-0.15, -0.1) is 0 Å². The van der Waals surface area contributed by atoms with Crippen LogP contribution in [-0.2, 0) is 22.6 Å². The summed E-state index contributed by atoms with van der Waals surface area (Å²) in [7, 11) is 0. The minimum absolute atomic E-state index is 0.0148. The number of amides is 2. The van der Waals surface area contributed by atoms with E-state index in [2.05, 4.69) is 52.3 Å². The molecule has 2 heterocycles. The number of nitrogens with zero attached hydrogens (tertiary/aromatic N) is 1. The molecule has 30 heavy (non-hydrogen) atoms. The van der Waals surface area contributed by atoms with Gasteiger partial charge in [-0.1, -0.05) is 60.7 Å². The highest BCUT2D eigenvalue weighted by Crippen LogP contribution is 2.31. The van der Waals surface area contributed by atoms with Gasteiger partial charge in [0.1, 0.15) is 5.70 Å². The van der Waals surface area contributed by atoms with E-state index in [1.807, 2.05) is 30.5 Å². The maximum Gasteiger partial charge on any atom is 0.274 e. The predicted octanol–water partition coefficient (Wildman–Crippen LogP) is 3.75. The normalized spacial score (nSPS) is 14.1. The molecule has 5 rings (SSSR count). The number of fused-ring (bicyclic) bond motifs is 2. The van der Waals surface area contributed by atoms with Crippen LogP contribution in [-0.4, -0.2) is 16.4 Å². The Labute approximate surface area is 173 Å². The van der Waals surface area contributed by atoms with Crippen molar-refractivity contribution in [1.29, 1.82) is 0 Å². The third-order valence-electron chi connectivity index (χ3n) is 5.70. The molecule has 0 saturated carbocycles. The van der Waals surface area contributed by atoms with E-state index in [1.165, 1.54) is 16.3 Å². The molecule has 1 aliphatic rings. The number of carbonyl (C=O) groups excluding carboxylic acids is 2. The third kappa shape index (κ3) is 3.05. The number of nitrogens with two attached hydrogens (primary N) is 1. The lowest BCUT2D eigenvalue weighted by Gasteiger charge is -2.07. The highest BCUT2D eigenvalue weighted by atomic mass is 16.2. The maximum atomic E-state index is 12.3. The first kappa shape index (κ1) is 18.2. The Bertz CT molecular complexity index is 1350. The van der Waals surface area contributed by atoms with Crippen LogP contribution < -0.4 is 11.1 Å². The van der Waals surface area contributed by atoms with Gasteiger partial charge in [-0.3, -0.25) is 14.9 Å². The molecule has 3 aromatic carbocycles. The molecule has 0 unspecified atom stereocenters. The molecule has 5 nitrogen and oxygen atoms in total. The number of nitrogens with one attached hydrogen (secondary N) is 1. The van der Waals surface area contributed by atoms with E-state index >= 15 is 0 Å². The fraction of sp³-hybridized carbons (Fsp3) is 0.120. The van der Waals surface area contributed by atoms with E-state index in [0.717, 1.165) is 30.3 Å². The van der Waals surface area contributed by atoms with E-state index in [0.29, 0.717) is 5.56 Å². The van der Waals surface area contributed by atoms with E-state index in [1.54, 1.807) is 0 Å². The first-order valence-electron chi connectivity index (χ1n) is 10.0. The number of benzene rings is 3. The number of rotatable bonds is 5.